The van der Waals surface area contributed by atoms with Gasteiger partial charge in [0.1, 0.15) is 15.6 Å². The summed E-state index contributed by atoms with van der Waals surface area (Å²) in [4.78, 5) is 23.4. The Labute approximate surface area is 123 Å². The molecule has 0 radical (unpaired) electrons. The molecule has 1 rings (SSSR count). The molecule has 0 fully saturated rings. The summed E-state index contributed by atoms with van der Waals surface area (Å²) < 4.78 is 5.74. The van der Waals surface area contributed by atoms with E-state index in [0.717, 1.165) is 0 Å². The van der Waals surface area contributed by atoms with Crippen LogP contribution < -0.4 is 10.1 Å². The molecule has 1 unspecified atom stereocenters. The Kier molecular flexibility index (Phi) is 6.04. The van der Waals surface area contributed by atoms with Crippen molar-refractivity contribution in [1.29, 1.82) is 0 Å². The zero-order valence-corrected chi connectivity index (χ0v) is 12.9. The van der Waals surface area contributed by atoms with Gasteiger partial charge < -0.3 is 15.2 Å². The standard InChI is InChI=1S/C12H14BrNO4S/c1-3-4-5-7(12(16)17)14-11(15)9-6-8(18-2)10(13)19-9/h3-4,6-7H,5H2,1-2H3,(H,14,15)(H,16,17)/b4-3+. The zero-order chi connectivity index (χ0) is 14.4. The Morgan fingerprint density at radius 3 is 2.79 bits per heavy atom. The van der Waals surface area contributed by atoms with Gasteiger partial charge >= 0.3 is 5.97 Å². The summed E-state index contributed by atoms with van der Waals surface area (Å²) in [6.45, 7) is 1.79. The molecular weight excluding hydrogens is 334 g/mol. The Morgan fingerprint density at radius 2 is 2.32 bits per heavy atom. The fraction of sp³-hybridized carbons (Fsp3) is 0.333. The molecule has 0 saturated heterocycles. The number of nitrogens with one attached hydrogen (secondary N) is 1. The molecule has 104 valence electrons. The van der Waals surface area contributed by atoms with Crippen molar-refractivity contribution < 1.29 is 19.4 Å². The first-order valence-corrected chi connectivity index (χ1v) is 7.08. The van der Waals surface area contributed by atoms with Crippen LogP contribution in [0.25, 0.3) is 0 Å². The van der Waals surface area contributed by atoms with Crippen LogP contribution in [0.1, 0.15) is 23.0 Å². The van der Waals surface area contributed by atoms with Crippen LogP contribution in [-0.4, -0.2) is 30.1 Å². The summed E-state index contributed by atoms with van der Waals surface area (Å²) in [7, 11) is 1.50. The third-order valence-electron chi connectivity index (χ3n) is 2.31. The number of rotatable bonds is 6. The maximum Gasteiger partial charge on any atom is 0.326 e. The molecule has 0 bridgehead atoms. The second-order valence-electron chi connectivity index (χ2n) is 3.62. The number of halogens is 1. The van der Waals surface area contributed by atoms with Gasteiger partial charge in [-0.2, -0.15) is 0 Å². The van der Waals surface area contributed by atoms with Crippen molar-refractivity contribution in [1.82, 2.24) is 5.32 Å². The van der Waals surface area contributed by atoms with E-state index in [2.05, 4.69) is 21.2 Å². The maximum atomic E-state index is 11.9. The normalized spacial score (nSPS) is 12.4. The number of methoxy groups -OCH3 is 1. The second-order valence-corrected chi connectivity index (χ2v) is 5.99. The average Bonchev–Trinajstić information content (AvgIpc) is 2.75. The van der Waals surface area contributed by atoms with E-state index < -0.39 is 17.9 Å². The Balaban J connectivity index is 2.78. The highest BCUT2D eigenvalue weighted by Gasteiger charge is 2.21. The van der Waals surface area contributed by atoms with Gasteiger partial charge in [0.2, 0.25) is 0 Å². The van der Waals surface area contributed by atoms with E-state index >= 15 is 0 Å². The number of thiophene rings is 1. The molecule has 0 spiro atoms. The van der Waals surface area contributed by atoms with Crippen molar-refractivity contribution in [3.8, 4) is 5.75 Å². The van der Waals surface area contributed by atoms with E-state index in [1.807, 2.05) is 0 Å². The van der Waals surface area contributed by atoms with Crippen molar-refractivity contribution in [2.24, 2.45) is 0 Å². The lowest BCUT2D eigenvalue weighted by atomic mass is 10.2. The summed E-state index contributed by atoms with van der Waals surface area (Å²) in [5, 5.41) is 11.5. The highest BCUT2D eigenvalue weighted by Crippen LogP contribution is 2.34. The van der Waals surface area contributed by atoms with Crippen molar-refractivity contribution in [3.63, 3.8) is 0 Å². The quantitative estimate of drug-likeness (QED) is 0.775. The van der Waals surface area contributed by atoms with Gasteiger partial charge in [0.05, 0.1) is 12.0 Å². The van der Waals surface area contributed by atoms with Crippen LogP contribution in [0, 0.1) is 0 Å². The average molecular weight is 348 g/mol. The molecule has 0 aliphatic rings. The van der Waals surface area contributed by atoms with Crippen LogP contribution >= 0.6 is 27.3 Å². The Hall–Kier alpha value is -1.34. The molecule has 7 heteroatoms. The van der Waals surface area contributed by atoms with Crippen LogP contribution in [0.5, 0.6) is 5.75 Å². The van der Waals surface area contributed by atoms with Crippen LogP contribution in [0.4, 0.5) is 0 Å². The number of carbonyl (C=O) groups excluding carboxylic acids is 1. The van der Waals surface area contributed by atoms with Gasteiger partial charge in [0, 0.05) is 6.07 Å². The van der Waals surface area contributed by atoms with Gasteiger partial charge in [0.15, 0.2) is 0 Å². The minimum absolute atomic E-state index is 0.251. The number of carboxylic acids is 1. The second kappa shape index (κ2) is 7.30. The number of amides is 1. The number of aliphatic carboxylic acids is 1. The van der Waals surface area contributed by atoms with Gasteiger partial charge in [-0.05, 0) is 29.3 Å². The zero-order valence-electron chi connectivity index (χ0n) is 10.5. The van der Waals surface area contributed by atoms with E-state index in [1.54, 1.807) is 25.1 Å². The third kappa shape index (κ3) is 4.36. The number of hydrogen-bond donors (Lipinski definition) is 2. The summed E-state index contributed by atoms with van der Waals surface area (Å²) in [6.07, 6.45) is 3.69. The van der Waals surface area contributed by atoms with Crippen LogP contribution in [0.3, 0.4) is 0 Å². The van der Waals surface area contributed by atoms with Gasteiger partial charge in [-0.15, -0.1) is 11.3 Å². The van der Waals surface area contributed by atoms with Crippen molar-refractivity contribution >= 4 is 39.1 Å². The number of allylic oxidation sites excluding steroid dienone is 1. The lowest BCUT2D eigenvalue weighted by Crippen LogP contribution is -2.40. The third-order valence-corrected chi connectivity index (χ3v) is 4.09. The first kappa shape index (κ1) is 15.7. The van der Waals surface area contributed by atoms with Gasteiger partial charge in [0.25, 0.3) is 5.91 Å². The molecule has 1 aromatic rings. The van der Waals surface area contributed by atoms with E-state index in [9.17, 15) is 9.59 Å². The van der Waals surface area contributed by atoms with Crippen molar-refractivity contribution in [2.75, 3.05) is 7.11 Å². The van der Waals surface area contributed by atoms with Crippen molar-refractivity contribution in [2.45, 2.75) is 19.4 Å². The van der Waals surface area contributed by atoms with E-state index in [1.165, 1.54) is 18.4 Å². The number of carbonyl (C=O) groups is 2. The molecule has 0 saturated carbocycles. The number of hydrogen-bond acceptors (Lipinski definition) is 4. The topological polar surface area (TPSA) is 75.6 Å². The fourth-order valence-corrected chi connectivity index (χ4v) is 2.88. The lowest BCUT2D eigenvalue weighted by molar-refractivity contribution is -0.139. The predicted molar refractivity (Wildman–Crippen MR) is 76.9 cm³/mol. The van der Waals surface area contributed by atoms with Gasteiger partial charge in [-0.25, -0.2) is 4.79 Å². The van der Waals surface area contributed by atoms with Crippen LogP contribution in [0.15, 0.2) is 22.0 Å². The largest absolute Gasteiger partial charge is 0.495 e. The number of ether oxygens (including phenoxy) is 1. The molecule has 19 heavy (non-hydrogen) atoms. The highest BCUT2D eigenvalue weighted by molar-refractivity contribution is 9.11. The molecule has 0 aliphatic carbocycles. The molecule has 2 N–H and O–H groups in total. The molecular formula is C12H14BrNO4S. The summed E-state index contributed by atoms with van der Waals surface area (Å²) in [6, 6.07) is 0.633. The molecule has 1 aromatic heterocycles. The number of carboxylic acid groups (broad SMARTS) is 1. The van der Waals surface area contributed by atoms with E-state index in [0.29, 0.717) is 14.4 Å². The summed E-state index contributed by atoms with van der Waals surface area (Å²) in [5.74, 6) is -0.935. The minimum atomic E-state index is -1.06. The highest BCUT2D eigenvalue weighted by atomic mass is 79.9. The molecule has 1 heterocycles. The predicted octanol–water partition coefficient (Wildman–Crippen LogP) is 2.67. The summed E-state index contributed by atoms with van der Waals surface area (Å²) in [5.41, 5.74) is 0. The van der Waals surface area contributed by atoms with E-state index in [4.69, 9.17) is 9.84 Å². The lowest BCUT2D eigenvalue weighted by Gasteiger charge is -2.11. The molecule has 5 nitrogen and oxygen atoms in total. The molecule has 0 aromatic carbocycles. The maximum absolute atomic E-state index is 11.9. The molecule has 1 amide bonds. The minimum Gasteiger partial charge on any atom is -0.495 e. The smallest absolute Gasteiger partial charge is 0.326 e. The van der Waals surface area contributed by atoms with Crippen molar-refractivity contribution in [3.05, 3.63) is 26.9 Å². The Morgan fingerprint density at radius 1 is 1.63 bits per heavy atom. The molecule has 0 aliphatic heterocycles. The van der Waals surface area contributed by atoms with E-state index in [-0.39, 0.29) is 6.42 Å². The fourth-order valence-electron chi connectivity index (χ4n) is 1.33. The molecule has 1 atom stereocenters. The first-order chi connectivity index (χ1) is 8.99. The first-order valence-electron chi connectivity index (χ1n) is 5.47. The van der Waals surface area contributed by atoms with Gasteiger partial charge in [-0.3, -0.25) is 4.79 Å². The van der Waals surface area contributed by atoms with Gasteiger partial charge in [-0.1, -0.05) is 12.2 Å². The van der Waals surface area contributed by atoms with Crippen LogP contribution in [-0.2, 0) is 4.79 Å². The summed E-state index contributed by atoms with van der Waals surface area (Å²) >= 11 is 4.46. The SMILES string of the molecule is C/C=C/CC(NC(=O)c1cc(OC)c(Br)s1)C(=O)O. The monoisotopic (exact) mass is 347 g/mol. The Bertz CT molecular complexity index is 498. The van der Waals surface area contributed by atoms with Crippen LogP contribution in [0.2, 0.25) is 0 Å².